The molecule has 2 rings (SSSR count). The Kier molecular flexibility index (Phi) is 7.97. The number of nitriles is 1. The Bertz CT molecular complexity index is 898. The molecule has 6 nitrogen and oxygen atoms in total. The molecular formula is C22H27N3O3. The minimum Gasteiger partial charge on any atom is -0.374 e. The summed E-state index contributed by atoms with van der Waals surface area (Å²) in [5, 5.41) is 12.0. The number of ether oxygens (including phenoxy) is 1. The van der Waals surface area contributed by atoms with Crippen molar-refractivity contribution in [3.05, 3.63) is 68.6 Å². The molecule has 148 valence electrons. The van der Waals surface area contributed by atoms with E-state index in [1.165, 1.54) is 0 Å². The van der Waals surface area contributed by atoms with Crippen molar-refractivity contribution < 1.29 is 9.53 Å². The third-order valence-corrected chi connectivity index (χ3v) is 4.80. The lowest BCUT2D eigenvalue weighted by molar-refractivity contribution is -0.121. The minimum absolute atomic E-state index is 0.0254. The number of hydrogen-bond acceptors (Lipinski definition) is 4. The highest BCUT2D eigenvalue weighted by Gasteiger charge is 2.13. The third-order valence-electron chi connectivity index (χ3n) is 4.80. The van der Waals surface area contributed by atoms with Crippen LogP contribution < -0.4 is 10.9 Å². The number of pyridine rings is 1. The molecule has 0 fully saturated rings. The predicted octanol–water partition coefficient (Wildman–Crippen LogP) is 3.08. The number of rotatable bonds is 9. The van der Waals surface area contributed by atoms with Crippen molar-refractivity contribution in [2.75, 3.05) is 13.2 Å². The van der Waals surface area contributed by atoms with Crippen LogP contribution in [0.5, 0.6) is 0 Å². The molecule has 0 aliphatic carbocycles. The van der Waals surface area contributed by atoms with Crippen LogP contribution in [-0.4, -0.2) is 24.0 Å². The SMILES string of the molecule is Cc1[nH]c(=O)c(C#N)c(C)c1CCC(=O)NCCCOC(C)c1ccccc1. The molecule has 1 heterocycles. The first-order chi connectivity index (χ1) is 13.4. The molecule has 28 heavy (non-hydrogen) atoms. The van der Waals surface area contributed by atoms with Gasteiger partial charge in [-0.1, -0.05) is 30.3 Å². The molecule has 1 aromatic carbocycles. The molecule has 0 saturated heterocycles. The molecule has 1 atom stereocenters. The molecule has 6 heteroatoms. The van der Waals surface area contributed by atoms with Gasteiger partial charge in [-0.25, -0.2) is 0 Å². The van der Waals surface area contributed by atoms with Crippen LogP contribution >= 0.6 is 0 Å². The number of hydrogen-bond donors (Lipinski definition) is 2. The molecule has 1 aromatic heterocycles. The average molecular weight is 381 g/mol. The van der Waals surface area contributed by atoms with Crippen molar-refractivity contribution >= 4 is 5.91 Å². The van der Waals surface area contributed by atoms with Gasteiger partial charge in [-0.05, 0) is 50.3 Å². The quantitative estimate of drug-likeness (QED) is 0.653. The molecule has 2 aromatic rings. The van der Waals surface area contributed by atoms with Gasteiger partial charge in [0, 0.05) is 25.3 Å². The average Bonchev–Trinajstić information content (AvgIpc) is 2.68. The van der Waals surface area contributed by atoms with E-state index in [1.807, 2.05) is 43.3 Å². The standard InChI is InChI=1S/C22H27N3O3/c1-15-19(16(2)25-22(27)20(15)14-23)10-11-21(26)24-12-7-13-28-17(3)18-8-5-4-6-9-18/h4-6,8-9,17H,7,10-13H2,1-3H3,(H,24,26)(H,25,27). The number of aromatic amines is 1. The van der Waals surface area contributed by atoms with Gasteiger partial charge >= 0.3 is 0 Å². The fraction of sp³-hybridized carbons (Fsp3) is 0.409. The molecule has 0 spiro atoms. The van der Waals surface area contributed by atoms with Gasteiger partial charge in [-0.15, -0.1) is 0 Å². The number of aryl methyl sites for hydroxylation is 1. The summed E-state index contributed by atoms with van der Waals surface area (Å²) in [5.74, 6) is -0.0559. The lowest BCUT2D eigenvalue weighted by Crippen LogP contribution is -2.26. The predicted molar refractivity (Wildman–Crippen MR) is 108 cm³/mol. The molecule has 0 saturated carbocycles. The van der Waals surface area contributed by atoms with Crippen molar-refractivity contribution in [1.29, 1.82) is 5.26 Å². The molecule has 0 bridgehead atoms. The van der Waals surface area contributed by atoms with Crippen molar-refractivity contribution in [1.82, 2.24) is 10.3 Å². The van der Waals surface area contributed by atoms with E-state index in [4.69, 9.17) is 10.00 Å². The van der Waals surface area contributed by atoms with Gasteiger partial charge in [0.2, 0.25) is 5.91 Å². The molecule has 2 N–H and O–H groups in total. The second-order valence-electron chi connectivity index (χ2n) is 6.80. The Morgan fingerprint density at radius 2 is 2.00 bits per heavy atom. The number of carbonyl (C=O) groups excluding carboxylic acids is 1. The van der Waals surface area contributed by atoms with E-state index < -0.39 is 0 Å². The first-order valence-electron chi connectivity index (χ1n) is 9.49. The van der Waals surface area contributed by atoms with Gasteiger partial charge in [-0.2, -0.15) is 5.26 Å². The number of H-pyrrole nitrogens is 1. The lowest BCUT2D eigenvalue weighted by Gasteiger charge is -2.14. The largest absolute Gasteiger partial charge is 0.374 e. The lowest BCUT2D eigenvalue weighted by atomic mass is 9.99. The third kappa shape index (κ3) is 5.80. The van der Waals surface area contributed by atoms with Crippen LogP contribution in [0.4, 0.5) is 0 Å². The van der Waals surface area contributed by atoms with Crippen LogP contribution in [0.2, 0.25) is 0 Å². The minimum atomic E-state index is -0.379. The van der Waals surface area contributed by atoms with E-state index in [0.717, 1.165) is 17.5 Å². The molecule has 0 aliphatic heterocycles. The van der Waals surface area contributed by atoms with Gasteiger partial charge < -0.3 is 15.0 Å². The maximum absolute atomic E-state index is 12.1. The number of amides is 1. The maximum Gasteiger partial charge on any atom is 0.266 e. The first kappa shape index (κ1) is 21.4. The number of nitrogens with zero attached hydrogens (tertiary/aromatic N) is 1. The highest BCUT2D eigenvalue weighted by atomic mass is 16.5. The Hall–Kier alpha value is -2.91. The van der Waals surface area contributed by atoms with Crippen molar-refractivity contribution in [2.45, 2.75) is 46.1 Å². The number of benzene rings is 1. The smallest absolute Gasteiger partial charge is 0.266 e. The first-order valence-corrected chi connectivity index (χ1v) is 9.49. The van der Waals surface area contributed by atoms with Crippen molar-refractivity contribution in [3.8, 4) is 6.07 Å². The molecular weight excluding hydrogens is 354 g/mol. The van der Waals surface area contributed by atoms with Crippen LogP contribution in [0, 0.1) is 25.2 Å². The van der Waals surface area contributed by atoms with Gasteiger partial charge in [0.1, 0.15) is 11.6 Å². The van der Waals surface area contributed by atoms with Gasteiger partial charge in [0.25, 0.3) is 5.56 Å². The second-order valence-corrected chi connectivity index (χ2v) is 6.80. The Morgan fingerprint density at radius 1 is 1.29 bits per heavy atom. The van der Waals surface area contributed by atoms with Gasteiger partial charge in [0.15, 0.2) is 0 Å². The van der Waals surface area contributed by atoms with E-state index in [1.54, 1.807) is 13.8 Å². The zero-order valence-corrected chi connectivity index (χ0v) is 16.7. The summed E-state index contributed by atoms with van der Waals surface area (Å²) in [4.78, 5) is 26.5. The van der Waals surface area contributed by atoms with Crippen LogP contribution in [-0.2, 0) is 16.0 Å². The summed E-state index contributed by atoms with van der Waals surface area (Å²) in [5.41, 5.74) is 3.08. The maximum atomic E-state index is 12.1. The Balaban J connectivity index is 1.73. The molecule has 0 radical (unpaired) electrons. The van der Waals surface area contributed by atoms with E-state index >= 15 is 0 Å². The van der Waals surface area contributed by atoms with Crippen LogP contribution in [0.3, 0.4) is 0 Å². The van der Waals surface area contributed by atoms with Crippen LogP contribution in [0.25, 0.3) is 0 Å². The van der Waals surface area contributed by atoms with E-state index in [2.05, 4.69) is 10.3 Å². The number of nitrogens with one attached hydrogen (secondary N) is 2. The van der Waals surface area contributed by atoms with Crippen LogP contribution in [0.1, 0.15) is 53.8 Å². The highest BCUT2D eigenvalue weighted by Crippen LogP contribution is 2.16. The fourth-order valence-electron chi connectivity index (χ4n) is 3.13. The summed E-state index contributed by atoms with van der Waals surface area (Å²) >= 11 is 0. The zero-order valence-electron chi connectivity index (χ0n) is 16.7. The summed E-state index contributed by atoms with van der Waals surface area (Å²) in [6.07, 6.45) is 1.55. The van der Waals surface area contributed by atoms with Crippen molar-refractivity contribution in [3.63, 3.8) is 0 Å². The summed E-state index contributed by atoms with van der Waals surface area (Å²) in [7, 11) is 0. The van der Waals surface area contributed by atoms with Crippen LogP contribution in [0.15, 0.2) is 35.1 Å². The molecule has 1 unspecified atom stereocenters. The number of aromatic nitrogens is 1. The fourth-order valence-corrected chi connectivity index (χ4v) is 3.13. The second kappa shape index (κ2) is 10.4. The Morgan fingerprint density at radius 3 is 2.68 bits per heavy atom. The Labute approximate surface area is 165 Å². The summed E-state index contributed by atoms with van der Waals surface area (Å²) in [6, 6.07) is 11.9. The van der Waals surface area contributed by atoms with Gasteiger partial charge in [-0.3, -0.25) is 9.59 Å². The monoisotopic (exact) mass is 381 g/mol. The topological polar surface area (TPSA) is 95.0 Å². The van der Waals surface area contributed by atoms with Crippen molar-refractivity contribution in [2.24, 2.45) is 0 Å². The van der Waals surface area contributed by atoms with E-state index in [0.29, 0.717) is 37.3 Å². The summed E-state index contributed by atoms with van der Waals surface area (Å²) < 4.78 is 5.79. The van der Waals surface area contributed by atoms with E-state index in [9.17, 15) is 9.59 Å². The summed E-state index contributed by atoms with van der Waals surface area (Å²) in [6.45, 7) is 6.67. The van der Waals surface area contributed by atoms with E-state index in [-0.39, 0.29) is 23.1 Å². The molecule has 1 amide bonds. The highest BCUT2D eigenvalue weighted by molar-refractivity contribution is 5.76. The van der Waals surface area contributed by atoms with Gasteiger partial charge in [0.05, 0.1) is 6.10 Å². The molecule has 0 aliphatic rings. The number of carbonyl (C=O) groups is 1. The zero-order chi connectivity index (χ0) is 20.5. The normalized spacial score (nSPS) is 11.6.